The van der Waals surface area contributed by atoms with Crippen LogP contribution in [0.15, 0.2) is 24.3 Å². The van der Waals surface area contributed by atoms with Gasteiger partial charge in [-0.2, -0.15) is 0 Å². The number of nitrogens with zero attached hydrogens (tertiary/aromatic N) is 2. The molecule has 2 amide bonds. The summed E-state index contributed by atoms with van der Waals surface area (Å²) in [7, 11) is 4.00. The van der Waals surface area contributed by atoms with Gasteiger partial charge in [-0.25, -0.2) is 0 Å². The van der Waals surface area contributed by atoms with Crippen molar-refractivity contribution >= 4 is 17.5 Å². The van der Waals surface area contributed by atoms with Crippen molar-refractivity contribution in [3.63, 3.8) is 0 Å². The van der Waals surface area contributed by atoms with Gasteiger partial charge in [-0.3, -0.25) is 24.6 Å². The lowest BCUT2D eigenvalue weighted by Gasteiger charge is -2.41. The number of rotatable bonds is 6. The number of nitro groups is 1. The molecule has 1 aromatic rings. The van der Waals surface area contributed by atoms with Crippen molar-refractivity contribution in [2.24, 2.45) is 0 Å². The molecule has 1 heterocycles. The maximum atomic E-state index is 13.4. The van der Waals surface area contributed by atoms with Crippen LogP contribution in [0.5, 0.6) is 0 Å². The Morgan fingerprint density at radius 3 is 2.69 bits per heavy atom. The molecule has 1 spiro atoms. The van der Waals surface area contributed by atoms with E-state index in [1.165, 1.54) is 23.1 Å². The Bertz CT molecular complexity index is 776. The molecule has 0 aromatic heterocycles. The quantitative estimate of drug-likeness (QED) is 0.525. The smallest absolute Gasteiger partial charge is 0.270 e. The summed E-state index contributed by atoms with van der Waals surface area (Å²) in [6.45, 7) is 1.41. The van der Waals surface area contributed by atoms with Crippen LogP contribution in [0.25, 0.3) is 0 Å². The van der Waals surface area contributed by atoms with E-state index in [1.54, 1.807) is 11.0 Å². The highest BCUT2D eigenvalue weighted by molar-refractivity contribution is 5.99. The SMILES string of the molecule is C[NH+](C)CCNC(=O)[C@@H]1COC2(CCCCC2)N1C(=O)c1cccc([N+](=O)[O-])c1. The lowest BCUT2D eigenvalue weighted by atomic mass is 9.89. The van der Waals surface area contributed by atoms with Crippen molar-refractivity contribution in [2.45, 2.75) is 43.9 Å². The molecule has 1 aliphatic heterocycles. The van der Waals surface area contributed by atoms with Crippen LogP contribution in [0.2, 0.25) is 0 Å². The molecule has 1 aliphatic carbocycles. The van der Waals surface area contributed by atoms with Gasteiger partial charge in [-0.05, 0) is 31.7 Å². The average molecular weight is 405 g/mol. The van der Waals surface area contributed by atoms with Crippen LogP contribution < -0.4 is 10.2 Å². The molecule has 29 heavy (non-hydrogen) atoms. The number of hydrogen-bond acceptors (Lipinski definition) is 5. The highest BCUT2D eigenvalue weighted by Gasteiger charge is 2.53. The van der Waals surface area contributed by atoms with Crippen molar-refractivity contribution in [2.75, 3.05) is 33.8 Å². The number of hydrogen-bond donors (Lipinski definition) is 2. The molecule has 2 aliphatic rings. The van der Waals surface area contributed by atoms with Crippen molar-refractivity contribution in [3.05, 3.63) is 39.9 Å². The molecule has 1 atom stereocenters. The Morgan fingerprint density at radius 1 is 1.31 bits per heavy atom. The topological polar surface area (TPSA) is 106 Å². The molecule has 1 aromatic carbocycles. The summed E-state index contributed by atoms with van der Waals surface area (Å²) in [4.78, 5) is 39.7. The number of amides is 2. The summed E-state index contributed by atoms with van der Waals surface area (Å²) in [5.74, 6) is -0.640. The van der Waals surface area contributed by atoms with Crippen LogP contribution in [-0.2, 0) is 9.53 Å². The molecule has 0 bridgehead atoms. The maximum Gasteiger partial charge on any atom is 0.270 e. The van der Waals surface area contributed by atoms with Gasteiger partial charge in [0.2, 0.25) is 5.91 Å². The molecule has 1 saturated carbocycles. The van der Waals surface area contributed by atoms with Crippen LogP contribution in [0.3, 0.4) is 0 Å². The number of nitro benzene ring substituents is 1. The fraction of sp³-hybridized carbons (Fsp3) is 0.600. The van der Waals surface area contributed by atoms with Crippen LogP contribution in [-0.4, -0.2) is 67.2 Å². The van der Waals surface area contributed by atoms with E-state index in [2.05, 4.69) is 5.32 Å². The van der Waals surface area contributed by atoms with E-state index in [0.29, 0.717) is 19.4 Å². The number of non-ortho nitro benzene ring substituents is 1. The minimum atomic E-state index is -0.811. The normalized spacial score (nSPS) is 20.8. The van der Waals surface area contributed by atoms with Crippen molar-refractivity contribution in [1.82, 2.24) is 10.2 Å². The Labute approximate surface area is 170 Å². The molecule has 2 fully saturated rings. The molecule has 9 heteroatoms. The van der Waals surface area contributed by atoms with Gasteiger partial charge < -0.3 is 15.0 Å². The highest BCUT2D eigenvalue weighted by atomic mass is 16.6. The van der Waals surface area contributed by atoms with E-state index >= 15 is 0 Å². The van der Waals surface area contributed by atoms with E-state index < -0.39 is 22.6 Å². The van der Waals surface area contributed by atoms with Gasteiger partial charge in [0.05, 0.1) is 38.7 Å². The number of likely N-dealkylation sites (N-methyl/N-ethyl adjacent to an activating group) is 1. The molecular weight excluding hydrogens is 376 g/mol. The highest BCUT2D eigenvalue weighted by Crippen LogP contribution is 2.41. The zero-order valence-corrected chi connectivity index (χ0v) is 17.0. The van der Waals surface area contributed by atoms with Crippen LogP contribution in [0.4, 0.5) is 5.69 Å². The van der Waals surface area contributed by atoms with Crippen molar-refractivity contribution in [3.8, 4) is 0 Å². The zero-order chi connectivity index (χ0) is 21.0. The minimum absolute atomic E-state index is 0.140. The standard InChI is InChI=1S/C20H28N4O5/c1-22(2)12-11-21-18(25)17-14-29-20(9-4-3-5-10-20)23(17)19(26)15-7-6-8-16(13-15)24(27)28/h6-8,13,17H,3-5,9-12,14H2,1-2H3,(H,21,25)/p+1/t17-/m0/s1. The average Bonchev–Trinajstić information content (AvgIpc) is 3.06. The number of quaternary nitrogens is 1. The summed E-state index contributed by atoms with van der Waals surface area (Å²) in [6, 6.07) is 4.92. The van der Waals surface area contributed by atoms with E-state index in [9.17, 15) is 19.7 Å². The number of benzene rings is 1. The molecule has 9 nitrogen and oxygen atoms in total. The molecule has 0 unspecified atom stereocenters. The molecule has 2 N–H and O–H groups in total. The Balaban J connectivity index is 1.87. The van der Waals surface area contributed by atoms with Crippen LogP contribution >= 0.6 is 0 Å². The summed E-state index contributed by atoms with van der Waals surface area (Å²) in [6.07, 6.45) is 4.22. The lowest BCUT2D eigenvalue weighted by molar-refractivity contribution is -0.856. The first-order valence-electron chi connectivity index (χ1n) is 10.1. The van der Waals surface area contributed by atoms with E-state index in [4.69, 9.17) is 4.74 Å². The Hall–Kier alpha value is -2.52. The van der Waals surface area contributed by atoms with Gasteiger partial charge in [-0.1, -0.05) is 12.5 Å². The summed E-state index contributed by atoms with van der Waals surface area (Å²) in [5, 5.41) is 14.0. The first-order valence-corrected chi connectivity index (χ1v) is 10.1. The second kappa shape index (κ2) is 8.87. The number of carbonyl (C=O) groups excluding carboxylic acids is 2. The van der Waals surface area contributed by atoms with Crippen LogP contribution in [0.1, 0.15) is 42.5 Å². The monoisotopic (exact) mass is 405 g/mol. The van der Waals surface area contributed by atoms with Gasteiger partial charge >= 0.3 is 0 Å². The molecule has 1 saturated heterocycles. The van der Waals surface area contributed by atoms with Gasteiger partial charge in [0.25, 0.3) is 11.6 Å². The molecule has 3 rings (SSSR count). The predicted octanol–water partition coefficient (Wildman–Crippen LogP) is 0.357. The maximum absolute atomic E-state index is 13.4. The Morgan fingerprint density at radius 2 is 2.03 bits per heavy atom. The number of ether oxygens (including phenoxy) is 1. The Kier molecular flexibility index (Phi) is 6.49. The number of nitrogens with one attached hydrogen (secondary N) is 2. The van der Waals surface area contributed by atoms with E-state index in [1.807, 2.05) is 14.1 Å². The van der Waals surface area contributed by atoms with E-state index in [-0.39, 0.29) is 23.8 Å². The second-order valence-electron chi connectivity index (χ2n) is 8.06. The van der Waals surface area contributed by atoms with Crippen LogP contribution in [0, 0.1) is 10.1 Å². The van der Waals surface area contributed by atoms with Gasteiger partial charge in [0, 0.05) is 17.7 Å². The number of carbonyl (C=O) groups is 2. The summed E-state index contributed by atoms with van der Waals surface area (Å²) < 4.78 is 6.08. The first kappa shape index (κ1) is 21.2. The van der Waals surface area contributed by atoms with Gasteiger partial charge in [0.1, 0.15) is 11.8 Å². The molecule has 0 radical (unpaired) electrons. The van der Waals surface area contributed by atoms with Gasteiger partial charge in [-0.15, -0.1) is 0 Å². The predicted molar refractivity (Wildman–Crippen MR) is 106 cm³/mol. The third-order valence-corrected chi connectivity index (χ3v) is 5.65. The minimum Gasteiger partial charge on any atom is -0.353 e. The third-order valence-electron chi connectivity index (χ3n) is 5.65. The lowest BCUT2D eigenvalue weighted by Crippen LogP contribution is -3.06. The largest absolute Gasteiger partial charge is 0.353 e. The molecular formula is C20H29N4O5+. The third kappa shape index (κ3) is 4.56. The zero-order valence-electron chi connectivity index (χ0n) is 17.0. The fourth-order valence-electron chi connectivity index (χ4n) is 4.12. The fourth-order valence-corrected chi connectivity index (χ4v) is 4.12. The summed E-state index contributed by atoms with van der Waals surface area (Å²) >= 11 is 0. The summed E-state index contributed by atoms with van der Waals surface area (Å²) in [5.41, 5.74) is -0.761. The molecule has 158 valence electrons. The van der Waals surface area contributed by atoms with Crippen molar-refractivity contribution in [1.29, 1.82) is 0 Å². The van der Waals surface area contributed by atoms with Gasteiger partial charge in [0.15, 0.2) is 0 Å². The second-order valence-corrected chi connectivity index (χ2v) is 8.06. The first-order chi connectivity index (χ1) is 13.8. The van der Waals surface area contributed by atoms with Crippen molar-refractivity contribution < 1.29 is 24.1 Å². The van der Waals surface area contributed by atoms with E-state index in [0.717, 1.165) is 25.8 Å².